The molecular weight excluding hydrogens is 273 g/mol. The van der Waals surface area contributed by atoms with Crippen LogP contribution in [0.3, 0.4) is 0 Å². The zero-order valence-corrected chi connectivity index (χ0v) is 12.0. The van der Waals surface area contributed by atoms with Crippen LogP contribution >= 0.6 is 12.6 Å². The van der Waals surface area contributed by atoms with Gasteiger partial charge in [-0.15, -0.1) is 12.6 Å². The van der Waals surface area contributed by atoms with E-state index in [4.69, 9.17) is 0 Å². The third-order valence-corrected chi connectivity index (χ3v) is 3.35. The number of nitrogens with one attached hydrogen (secondary N) is 1. The summed E-state index contributed by atoms with van der Waals surface area (Å²) in [4.78, 5) is 12.8. The Morgan fingerprint density at radius 2 is 1.75 bits per heavy atom. The fraction of sp³-hybridized carbons (Fsp3) is 0.188. The maximum Gasteiger partial charge on any atom is 0.224 e. The average Bonchev–Trinajstić information content (AvgIpc) is 2.42. The molecule has 1 unspecified atom stereocenters. The van der Waals surface area contributed by atoms with Crippen LogP contribution in [0.4, 0.5) is 4.39 Å². The van der Waals surface area contributed by atoms with Gasteiger partial charge in [0, 0.05) is 4.90 Å². The molecule has 2 rings (SSSR count). The summed E-state index contributed by atoms with van der Waals surface area (Å²) in [6, 6.07) is 13.5. The summed E-state index contributed by atoms with van der Waals surface area (Å²) in [6.45, 7) is 1.88. The second kappa shape index (κ2) is 6.57. The van der Waals surface area contributed by atoms with Gasteiger partial charge in [0.05, 0.1) is 12.5 Å². The number of amides is 1. The van der Waals surface area contributed by atoms with Gasteiger partial charge < -0.3 is 5.32 Å². The van der Waals surface area contributed by atoms with E-state index in [1.54, 1.807) is 12.1 Å². The van der Waals surface area contributed by atoms with Crippen molar-refractivity contribution in [2.75, 3.05) is 0 Å². The minimum atomic E-state index is -0.279. The van der Waals surface area contributed by atoms with E-state index in [9.17, 15) is 9.18 Å². The Morgan fingerprint density at radius 3 is 2.35 bits per heavy atom. The number of carbonyl (C=O) groups is 1. The van der Waals surface area contributed by atoms with Gasteiger partial charge in [-0.25, -0.2) is 4.39 Å². The Labute approximate surface area is 123 Å². The molecule has 0 aromatic heterocycles. The summed E-state index contributed by atoms with van der Waals surface area (Å²) in [5, 5.41) is 2.90. The van der Waals surface area contributed by atoms with Crippen molar-refractivity contribution in [2.24, 2.45) is 0 Å². The van der Waals surface area contributed by atoms with Gasteiger partial charge >= 0.3 is 0 Å². The summed E-state index contributed by atoms with van der Waals surface area (Å²) in [6.07, 6.45) is 0.319. The lowest BCUT2D eigenvalue weighted by molar-refractivity contribution is -0.121. The van der Waals surface area contributed by atoms with Crippen LogP contribution in [0.1, 0.15) is 24.1 Å². The van der Waals surface area contributed by atoms with Crippen molar-refractivity contribution in [2.45, 2.75) is 24.3 Å². The molecule has 0 saturated carbocycles. The van der Waals surface area contributed by atoms with Gasteiger partial charge in [0.25, 0.3) is 0 Å². The number of rotatable bonds is 4. The lowest BCUT2D eigenvalue weighted by Crippen LogP contribution is -2.28. The topological polar surface area (TPSA) is 29.1 Å². The molecular formula is C16H16FNOS. The van der Waals surface area contributed by atoms with Crippen LogP contribution in [0.2, 0.25) is 0 Å². The minimum Gasteiger partial charge on any atom is -0.349 e. The van der Waals surface area contributed by atoms with Crippen molar-refractivity contribution in [3.05, 3.63) is 65.5 Å². The normalized spacial score (nSPS) is 11.9. The van der Waals surface area contributed by atoms with Crippen molar-refractivity contribution < 1.29 is 9.18 Å². The molecule has 0 spiro atoms. The highest BCUT2D eigenvalue weighted by Crippen LogP contribution is 2.13. The first-order valence-corrected chi connectivity index (χ1v) is 6.82. The zero-order chi connectivity index (χ0) is 14.5. The van der Waals surface area contributed by atoms with E-state index in [1.807, 2.05) is 31.2 Å². The van der Waals surface area contributed by atoms with Gasteiger partial charge in [-0.1, -0.05) is 24.3 Å². The van der Waals surface area contributed by atoms with E-state index in [-0.39, 0.29) is 17.8 Å². The van der Waals surface area contributed by atoms with E-state index in [0.717, 1.165) is 16.0 Å². The smallest absolute Gasteiger partial charge is 0.224 e. The SMILES string of the molecule is CC(NC(=O)Cc1ccc(S)cc1)c1ccc(F)cc1. The maximum absolute atomic E-state index is 12.8. The van der Waals surface area contributed by atoms with E-state index >= 15 is 0 Å². The monoisotopic (exact) mass is 289 g/mol. The van der Waals surface area contributed by atoms with Gasteiger partial charge in [0.2, 0.25) is 5.91 Å². The summed E-state index contributed by atoms with van der Waals surface area (Å²) < 4.78 is 12.8. The van der Waals surface area contributed by atoms with Gasteiger partial charge in [0.1, 0.15) is 5.82 Å². The van der Waals surface area contributed by atoms with Gasteiger partial charge in [-0.3, -0.25) is 4.79 Å². The van der Waals surface area contributed by atoms with Crippen LogP contribution in [0.15, 0.2) is 53.4 Å². The standard InChI is InChI=1S/C16H16FNOS/c1-11(13-4-6-14(17)7-5-13)18-16(19)10-12-2-8-15(20)9-3-12/h2-9,11,20H,10H2,1H3,(H,18,19). The predicted octanol–water partition coefficient (Wildman–Crippen LogP) is 3.53. The number of hydrogen-bond acceptors (Lipinski definition) is 2. The second-order valence-electron chi connectivity index (χ2n) is 4.68. The third kappa shape index (κ3) is 4.10. The van der Waals surface area contributed by atoms with Crippen molar-refractivity contribution in [3.63, 3.8) is 0 Å². The number of carbonyl (C=O) groups excluding carboxylic acids is 1. The number of benzene rings is 2. The quantitative estimate of drug-likeness (QED) is 0.828. The molecule has 2 aromatic rings. The summed E-state index contributed by atoms with van der Waals surface area (Å²) in [5.41, 5.74) is 1.82. The molecule has 2 nitrogen and oxygen atoms in total. The number of halogens is 1. The highest BCUT2D eigenvalue weighted by molar-refractivity contribution is 7.80. The Balaban J connectivity index is 1.93. The number of thiol groups is 1. The zero-order valence-electron chi connectivity index (χ0n) is 11.1. The van der Waals surface area contributed by atoms with Gasteiger partial charge in [0.15, 0.2) is 0 Å². The third-order valence-electron chi connectivity index (χ3n) is 3.05. The van der Waals surface area contributed by atoms with E-state index in [0.29, 0.717) is 6.42 Å². The molecule has 0 aliphatic rings. The molecule has 0 heterocycles. The van der Waals surface area contributed by atoms with Crippen molar-refractivity contribution >= 4 is 18.5 Å². The Bertz CT molecular complexity index is 580. The van der Waals surface area contributed by atoms with Crippen LogP contribution < -0.4 is 5.32 Å². The first kappa shape index (κ1) is 14.6. The highest BCUT2D eigenvalue weighted by Gasteiger charge is 2.10. The first-order chi connectivity index (χ1) is 9.54. The highest BCUT2D eigenvalue weighted by atomic mass is 32.1. The van der Waals surface area contributed by atoms with E-state index in [2.05, 4.69) is 17.9 Å². The lowest BCUT2D eigenvalue weighted by atomic mass is 10.1. The Hall–Kier alpha value is -1.81. The molecule has 1 atom stereocenters. The molecule has 0 bridgehead atoms. The van der Waals surface area contributed by atoms with Crippen molar-refractivity contribution in [1.29, 1.82) is 0 Å². The van der Waals surface area contributed by atoms with E-state index in [1.165, 1.54) is 12.1 Å². The fourth-order valence-electron chi connectivity index (χ4n) is 1.93. The van der Waals surface area contributed by atoms with Gasteiger partial charge in [-0.05, 0) is 42.3 Å². The molecule has 1 amide bonds. The predicted molar refractivity (Wildman–Crippen MR) is 80.4 cm³/mol. The largest absolute Gasteiger partial charge is 0.349 e. The van der Waals surface area contributed by atoms with Crippen LogP contribution in [-0.2, 0) is 11.2 Å². The Morgan fingerprint density at radius 1 is 1.15 bits per heavy atom. The molecule has 0 fully saturated rings. The minimum absolute atomic E-state index is 0.0614. The molecule has 104 valence electrons. The summed E-state index contributed by atoms with van der Waals surface area (Å²) in [7, 11) is 0. The summed E-state index contributed by atoms with van der Waals surface area (Å²) >= 11 is 4.20. The first-order valence-electron chi connectivity index (χ1n) is 6.37. The maximum atomic E-state index is 12.8. The number of hydrogen-bond donors (Lipinski definition) is 2. The lowest BCUT2D eigenvalue weighted by Gasteiger charge is -2.14. The molecule has 1 N–H and O–H groups in total. The van der Waals surface area contributed by atoms with Crippen LogP contribution in [-0.4, -0.2) is 5.91 Å². The molecule has 4 heteroatoms. The van der Waals surface area contributed by atoms with Crippen molar-refractivity contribution in [3.8, 4) is 0 Å². The fourth-order valence-corrected chi connectivity index (χ4v) is 2.08. The van der Waals surface area contributed by atoms with Crippen LogP contribution in [0.5, 0.6) is 0 Å². The average molecular weight is 289 g/mol. The molecule has 2 aromatic carbocycles. The Kier molecular flexibility index (Phi) is 4.79. The van der Waals surface area contributed by atoms with Crippen LogP contribution in [0.25, 0.3) is 0 Å². The molecule has 0 radical (unpaired) electrons. The molecule has 0 aliphatic carbocycles. The van der Waals surface area contributed by atoms with Gasteiger partial charge in [-0.2, -0.15) is 0 Å². The summed E-state index contributed by atoms with van der Waals surface area (Å²) in [5.74, 6) is -0.340. The molecule has 20 heavy (non-hydrogen) atoms. The van der Waals surface area contributed by atoms with Crippen LogP contribution in [0, 0.1) is 5.82 Å². The van der Waals surface area contributed by atoms with Crippen molar-refractivity contribution in [1.82, 2.24) is 5.32 Å². The molecule has 0 aliphatic heterocycles. The van der Waals surface area contributed by atoms with E-state index < -0.39 is 0 Å². The molecule has 0 saturated heterocycles. The second-order valence-corrected chi connectivity index (χ2v) is 5.20.